The molecule has 0 fully saturated rings. The van der Waals surface area contributed by atoms with Gasteiger partial charge in [-0.15, -0.1) is 35.3 Å². The number of rotatable bonds is 6. The largest absolute Gasteiger partial charge is 0.355 e. The van der Waals surface area contributed by atoms with E-state index >= 15 is 0 Å². The lowest BCUT2D eigenvalue weighted by Crippen LogP contribution is -2.39. The lowest BCUT2D eigenvalue weighted by Gasteiger charge is -2.11. The van der Waals surface area contributed by atoms with Crippen LogP contribution in [-0.2, 0) is 16.4 Å². The summed E-state index contributed by atoms with van der Waals surface area (Å²) < 4.78 is 24.4. The number of sulfone groups is 1. The van der Waals surface area contributed by atoms with Gasteiger partial charge in [0.25, 0.3) is 0 Å². The van der Waals surface area contributed by atoms with E-state index < -0.39 is 9.84 Å². The molecule has 5 nitrogen and oxygen atoms in total. The molecule has 1 aromatic heterocycles. The monoisotopic (exact) mass is 479 g/mol. The van der Waals surface area contributed by atoms with Crippen LogP contribution in [0.5, 0.6) is 0 Å². The highest BCUT2D eigenvalue weighted by Crippen LogP contribution is 2.14. The van der Waals surface area contributed by atoms with E-state index in [4.69, 9.17) is 0 Å². The van der Waals surface area contributed by atoms with Crippen molar-refractivity contribution in [3.05, 3.63) is 52.2 Å². The van der Waals surface area contributed by atoms with Crippen molar-refractivity contribution in [1.82, 2.24) is 10.6 Å². The van der Waals surface area contributed by atoms with Crippen LogP contribution in [-0.4, -0.2) is 33.7 Å². The minimum absolute atomic E-state index is 0. The SMILES string of the molecule is CN=C(NCCS(=O)(=O)c1ccccc1)NCc1ccc(C)s1.I. The molecule has 8 heteroatoms. The van der Waals surface area contributed by atoms with Crippen molar-refractivity contribution >= 4 is 51.1 Å². The average Bonchev–Trinajstić information content (AvgIpc) is 2.97. The molecule has 2 aromatic rings. The van der Waals surface area contributed by atoms with Crippen molar-refractivity contribution in [3.8, 4) is 0 Å². The molecular weight excluding hydrogens is 457 g/mol. The summed E-state index contributed by atoms with van der Waals surface area (Å²) in [6.45, 7) is 3.04. The van der Waals surface area contributed by atoms with E-state index in [9.17, 15) is 8.42 Å². The second-order valence-electron chi connectivity index (χ2n) is 5.00. The quantitative estimate of drug-likeness (QED) is 0.380. The van der Waals surface area contributed by atoms with Crippen LogP contribution in [0.25, 0.3) is 0 Å². The first-order valence-electron chi connectivity index (χ1n) is 7.29. The Balaban J connectivity index is 0.00000288. The minimum atomic E-state index is -3.27. The number of aliphatic imine (C=N–C) groups is 1. The van der Waals surface area contributed by atoms with Crippen molar-refractivity contribution < 1.29 is 8.42 Å². The molecular formula is C16H22IN3O2S2. The predicted molar refractivity (Wildman–Crippen MR) is 111 cm³/mol. The summed E-state index contributed by atoms with van der Waals surface area (Å²) in [7, 11) is -1.60. The normalized spacial score (nSPS) is 11.7. The van der Waals surface area contributed by atoms with Crippen LogP contribution in [0.2, 0.25) is 0 Å². The Kier molecular flexibility index (Phi) is 8.71. The molecule has 0 aliphatic rings. The fraction of sp³-hybridized carbons (Fsp3) is 0.312. The Morgan fingerprint density at radius 3 is 2.42 bits per heavy atom. The molecule has 0 aliphatic heterocycles. The number of hydrogen-bond acceptors (Lipinski definition) is 4. The zero-order valence-corrected chi connectivity index (χ0v) is 17.6. The number of hydrogen-bond donors (Lipinski definition) is 2. The predicted octanol–water partition coefficient (Wildman–Crippen LogP) is 2.81. The maximum Gasteiger partial charge on any atom is 0.191 e. The van der Waals surface area contributed by atoms with E-state index in [-0.39, 0.29) is 29.7 Å². The number of nitrogens with one attached hydrogen (secondary N) is 2. The van der Waals surface area contributed by atoms with Gasteiger partial charge in [-0.3, -0.25) is 4.99 Å². The van der Waals surface area contributed by atoms with Gasteiger partial charge < -0.3 is 10.6 Å². The van der Waals surface area contributed by atoms with E-state index in [0.29, 0.717) is 23.9 Å². The number of benzene rings is 1. The first-order valence-corrected chi connectivity index (χ1v) is 9.76. The summed E-state index contributed by atoms with van der Waals surface area (Å²) in [4.78, 5) is 6.93. The van der Waals surface area contributed by atoms with E-state index in [1.165, 1.54) is 9.75 Å². The van der Waals surface area contributed by atoms with Crippen LogP contribution in [0.4, 0.5) is 0 Å². The van der Waals surface area contributed by atoms with Crippen LogP contribution in [0.1, 0.15) is 9.75 Å². The van der Waals surface area contributed by atoms with Gasteiger partial charge in [-0.05, 0) is 31.2 Å². The molecule has 0 spiro atoms. The first kappa shape index (κ1) is 20.9. The van der Waals surface area contributed by atoms with Crippen LogP contribution in [0.15, 0.2) is 52.4 Å². The summed E-state index contributed by atoms with van der Waals surface area (Å²) in [6.07, 6.45) is 0. The summed E-state index contributed by atoms with van der Waals surface area (Å²) in [5, 5.41) is 6.22. The summed E-state index contributed by atoms with van der Waals surface area (Å²) in [6, 6.07) is 12.6. The van der Waals surface area contributed by atoms with Crippen LogP contribution in [0.3, 0.4) is 0 Å². The Morgan fingerprint density at radius 1 is 1.12 bits per heavy atom. The van der Waals surface area contributed by atoms with E-state index in [1.54, 1.807) is 48.7 Å². The van der Waals surface area contributed by atoms with Crippen molar-refractivity contribution in [3.63, 3.8) is 0 Å². The maximum atomic E-state index is 12.2. The molecule has 0 atom stereocenters. The van der Waals surface area contributed by atoms with Crippen molar-refractivity contribution in [1.29, 1.82) is 0 Å². The molecule has 132 valence electrons. The molecule has 0 radical (unpaired) electrons. The van der Waals surface area contributed by atoms with Gasteiger partial charge in [-0.25, -0.2) is 8.42 Å². The van der Waals surface area contributed by atoms with Gasteiger partial charge in [0.1, 0.15) is 0 Å². The van der Waals surface area contributed by atoms with Gasteiger partial charge in [0.05, 0.1) is 17.2 Å². The Morgan fingerprint density at radius 2 is 1.83 bits per heavy atom. The second kappa shape index (κ2) is 10.00. The Hall–Kier alpha value is -1.13. The van der Waals surface area contributed by atoms with Crippen LogP contribution < -0.4 is 10.6 Å². The van der Waals surface area contributed by atoms with Crippen LogP contribution in [0, 0.1) is 6.92 Å². The minimum Gasteiger partial charge on any atom is -0.355 e. The molecule has 0 bridgehead atoms. The second-order valence-corrected chi connectivity index (χ2v) is 8.48. The van der Waals surface area contributed by atoms with Gasteiger partial charge in [-0.1, -0.05) is 18.2 Å². The first-order chi connectivity index (χ1) is 11.0. The van der Waals surface area contributed by atoms with Gasteiger partial charge in [-0.2, -0.15) is 0 Å². The third-order valence-electron chi connectivity index (χ3n) is 3.22. The molecule has 0 unspecified atom stereocenters. The fourth-order valence-electron chi connectivity index (χ4n) is 2.02. The van der Waals surface area contributed by atoms with Gasteiger partial charge in [0, 0.05) is 23.3 Å². The lowest BCUT2D eigenvalue weighted by atomic mass is 10.4. The lowest BCUT2D eigenvalue weighted by molar-refractivity contribution is 0.594. The van der Waals surface area contributed by atoms with Crippen molar-refractivity contribution in [2.75, 3.05) is 19.3 Å². The van der Waals surface area contributed by atoms with E-state index in [1.807, 2.05) is 0 Å². The van der Waals surface area contributed by atoms with Crippen molar-refractivity contribution in [2.24, 2.45) is 4.99 Å². The van der Waals surface area contributed by atoms with Gasteiger partial charge in [0.2, 0.25) is 0 Å². The third kappa shape index (κ3) is 6.40. The summed E-state index contributed by atoms with van der Waals surface area (Å²) >= 11 is 1.72. The average molecular weight is 479 g/mol. The third-order valence-corrected chi connectivity index (χ3v) is 5.95. The number of halogens is 1. The number of aryl methyl sites for hydroxylation is 1. The zero-order valence-electron chi connectivity index (χ0n) is 13.7. The maximum absolute atomic E-state index is 12.2. The smallest absolute Gasteiger partial charge is 0.191 e. The molecule has 0 saturated carbocycles. The van der Waals surface area contributed by atoms with Crippen molar-refractivity contribution in [2.45, 2.75) is 18.4 Å². The van der Waals surface area contributed by atoms with Gasteiger partial charge >= 0.3 is 0 Å². The van der Waals surface area contributed by atoms with E-state index in [0.717, 1.165) is 0 Å². The molecule has 0 amide bonds. The standard InChI is InChI=1S/C16H21N3O2S2.HI/c1-13-8-9-14(22-13)12-19-16(17-2)18-10-11-23(20,21)15-6-4-3-5-7-15;/h3-9H,10-12H2,1-2H3,(H2,17,18,19);1H. The number of guanidine groups is 1. The van der Waals surface area contributed by atoms with Crippen LogP contribution >= 0.6 is 35.3 Å². The molecule has 2 N–H and O–H groups in total. The highest BCUT2D eigenvalue weighted by atomic mass is 127. The molecule has 0 aliphatic carbocycles. The Labute approximate surface area is 164 Å². The fourth-order valence-corrected chi connectivity index (χ4v) is 4.03. The number of thiophene rings is 1. The molecule has 1 aromatic carbocycles. The molecule has 2 rings (SSSR count). The summed E-state index contributed by atoms with van der Waals surface area (Å²) in [5.74, 6) is 0.620. The topological polar surface area (TPSA) is 70.6 Å². The molecule has 1 heterocycles. The highest BCUT2D eigenvalue weighted by molar-refractivity contribution is 14.0. The molecule has 0 saturated heterocycles. The highest BCUT2D eigenvalue weighted by Gasteiger charge is 2.13. The number of nitrogens with zero attached hydrogens (tertiary/aromatic N) is 1. The Bertz CT molecular complexity index is 759. The van der Waals surface area contributed by atoms with Gasteiger partial charge in [0.15, 0.2) is 15.8 Å². The molecule has 24 heavy (non-hydrogen) atoms. The van der Waals surface area contributed by atoms with E-state index in [2.05, 4.69) is 34.7 Å². The summed E-state index contributed by atoms with van der Waals surface area (Å²) in [5.41, 5.74) is 0. The zero-order chi connectivity index (χ0) is 16.7.